The minimum Gasteiger partial charge on any atom is -0.485 e. The summed E-state index contributed by atoms with van der Waals surface area (Å²) in [4.78, 5) is 0. The third-order valence-corrected chi connectivity index (χ3v) is 1.88. The van der Waals surface area contributed by atoms with Crippen LogP contribution in [0.4, 0.5) is 0 Å². The van der Waals surface area contributed by atoms with Gasteiger partial charge in [-0.1, -0.05) is 12.2 Å². The summed E-state index contributed by atoms with van der Waals surface area (Å²) in [6.07, 6.45) is 9.63. The van der Waals surface area contributed by atoms with Gasteiger partial charge in [0.2, 0.25) is 0 Å². The fraction of sp³-hybridized carbons (Fsp3) is 0.222. The molecule has 12 heavy (non-hydrogen) atoms. The first-order valence-corrected chi connectivity index (χ1v) is 3.63. The molecule has 0 radical (unpaired) electrons. The molecule has 0 bridgehead atoms. The van der Waals surface area contributed by atoms with Gasteiger partial charge in [0.25, 0.3) is 5.60 Å². The van der Waals surface area contributed by atoms with Crippen molar-refractivity contribution in [3.05, 3.63) is 36.8 Å². The van der Waals surface area contributed by atoms with Crippen LogP contribution in [0.15, 0.2) is 36.8 Å². The molecule has 0 aromatic carbocycles. The van der Waals surface area contributed by atoms with E-state index in [-0.39, 0.29) is 6.10 Å². The molecule has 0 aromatic heterocycles. The van der Waals surface area contributed by atoms with E-state index in [9.17, 15) is 0 Å². The van der Waals surface area contributed by atoms with Crippen LogP contribution in [-0.2, 0) is 9.47 Å². The highest BCUT2D eigenvalue weighted by Gasteiger charge is 2.41. The molecule has 0 aromatic rings. The Kier molecular flexibility index (Phi) is 1.41. The average molecular weight is 161 g/mol. The maximum absolute atomic E-state index is 8.90. The monoisotopic (exact) mass is 161 g/mol. The topological polar surface area (TPSA) is 42.2 Å². The lowest BCUT2D eigenvalue weighted by molar-refractivity contribution is -0.0264. The fourth-order valence-electron chi connectivity index (χ4n) is 1.24. The molecule has 0 N–H and O–H groups in total. The van der Waals surface area contributed by atoms with E-state index in [4.69, 9.17) is 14.7 Å². The standard InChI is InChI=1S/C9H7NO2/c10-7-9-4-2-1-3-8(9)11-5-6-12-9/h1-6,8H. The Labute approximate surface area is 70.2 Å². The lowest BCUT2D eigenvalue weighted by Gasteiger charge is -2.33. The van der Waals surface area contributed by atoms with Crippen molar-refractivity contribution in [2.24, 2.45) is 0 Å². The van der Waals surface area contributed by atoms with Crippen LogP contribution >= 0.6 is 0 Å². The van der Waals surface area contributed by atoms with Crippen LogP contribution in [-0.4, -0.2) is 11.7 Å². The van der Waals surface area contributed by atoms with Crippen molar-refractivity contribution in [3.63, 3.8) is 0 Å². The van der Waals surface area contributed by atoms with Gasteiger partial charge in [-0.15, -0.1) is 0 Å². The zero-order chi connectivity index (χ0) is 8.44. The van der Waals surface area contributed by atoms with Crippen molar-refractivity contribution < 1.29 is 9.47 Å². The molecular formula is C9H7NO2. The van der Waals surface area contributed by atoms with Crippen LogP contribution in [0.5, 0.6) is 0 Å². The van der Waals surface area contributed by atoms with E-state index < -0.39 is 5.60 Å². The first kappa shape index (κ1) is 6.99. The van der Waals surface area contributed by atoms with Gasteiger partial charge in [-0.05, 0) is 12.2 Å². The van der Waals surface area contributed by atoms with Crippen LogP contribution in [0.2, 0.25) is 0 Å². The average Bonchev–Trinajstić information content (AvgIpc) is 2.18. The number of allylic oxidation sites excluding steroid dienone is 2. The van der Waals surface area contributed by atoms with Gasteiger partial charge in [-0.3, -0.25) is 0 Å². The zero-order valence-corrected chi connectivity index (χ0v) is 6.31. The maximum atomic E-state index is 8.90. The second-order valence-electron chi connectivity index (χ2n) is 2.60. The molecule has 0 saturated carbocycles. The lowest BCUT2D eigenvalue weighted by Crippen LogP contribution is -2.43. The molecule has 1 aliphatic heterocycles. The minimum absolute atomic E-state index is 0.322. The van der Waals surface area contributed by atoms with E-state index in [1.807, 2.05) is 6.08 Å². The van der Waals surface area contributed by atoms with Crippen LogP contribution in [0.1, 0.15) is 0 Å². The van der Waals surface area contributed by atoms with Crippen molar-refractivity contribution in [1.82, 2.24) is 0 Å². The fourth-order valence-corrected chi connectivity index (χ4v) is 1.24. The molecule has 0 fully saturated rings. The van der Waals surface area contributed by atoms with Gasteiger partial charge in [-0.25, -0.2) is 0 Å². The Morgan fingerprint density at radius 2 is 2.25 bits per heavy atom. The van der Waals surface area contributed by atoms with E-state index >= 15 is 0 Å². The maximum Gasteiger partial charge on any atom is 0.252 e. The number of nitrogens with zero attached hydrogens (tertiary/aromatic N) is 1. The smallest absolute Gasteiger partial charge is 0.252 e. The molecule has 2 rings (SSSR count). The zero-order valence-electron chi connectivity index (χ0n) is 6.31. The highest BCUT2D eigenvalue weighted by molar-refractivity contribution is 5.32. The molecule has 60 valence electrons. The summed E-state index contributed by atoms with van der Waals surface area (Å²) in [7, 11) is 0. The van der Waals surface area contributed by atoms with Gasteiger partial charge >= 0.3 is 0 Å². The molecule has 2 atom stereocenters. The lowest BCUT2D eigenvalue weighted by atomic mass is 9.93. The molecule has 0 spiro atoms. The minimum atomic E-state index is -0.955. The first-order valence-electron chi connectivity index (χ1n) is 3.63. The summed E-state index contributed by atoms with van der Waals surface area (Å²) in [5, 5.41) is 8.90. The van der Waals surface area contributed by atoms with Crippen molar-refractivity contribution in [1.29, 1.82) is 5.26 Å². The Balaban J connectivity index is 2.39. The van der Waals surface area contributed by atoms with E-state index in [1.54, 1.807) is 18.2 Å². The summed E-state index contributed by atoms with van der Waals surface area (Å²) in [6.45, 7) is 0. The predicted octanol–water partition coefficient (Wildman–Crippen LogP) is 1.26. The van der Waals surface area contributed by atoms with Gasteiger partial charge in [0.1, 0.15) is 18.6 Å². The third-order valence-electron chi connectivity index (χ3n) is 1.88. The first-order chi connectivity index (χ1) is 5.87. The molecule has 0 saturated heterocycles. The summed E-state index contributed by atoms with van der Waals surface area (Å²) in [6, 6.07) is 2.08. The summed E-state index contributed by atoms with van der Waals surface area (Å²) in [5.74, 6) is 0. The number of hydrogen-bond donors (Lipinski definition) is 0. The largest absolute Gasteiger partial charge is 0.485 e. The quantitative estimate of drug-likeness (QED) is 0.537. The van der Waals surface area contributed by atoms with E-state index in [2.05, 4.69) is 6.07 Å². The summed E-state index contributed by atoms with van der Waals surface area (Å²) >= 11 is 0. The number of hydrogen-bond acceptors (Lipinski definition) is 3. The van der Waals surface area contributed by atoms with Gasteiger partial charge in [0.05, 0.1) is 0 Å². The Bertz CT molecular complexity index is 311. The third kappa shape index (κ3) is 0.817. The second kappa shape index (κ2) is 2.42. The SMILES string of the molecule is N#CC12C=CC=CC1OC=CO2. The van der Waals surface area contributed by atoms with Crippen LogP contribution < -0.4 is 0 Å². The molecule has 2 aliphatic rings. The van der Waals surface area contributed by atoms with Crippen molar-refractivity contribution >= 4 is 0 Å². The molecule has 1 heterocycles. The van der Waals surface area contributed by atoms with Gasteiger partial charge in [0, 0.05) is 0 Å². The highest BCUT2D eigenvalue weighted by atomic mass is 16.6. The number of rotatable bonds is 0. The van der Waals surface area contributed by atoms with Crippen LogP contribution in [0.3, 0.4) is 0 Å². The van der Waals surface area contributed by atoms with E-state index in [0.717, 1.165) is 0 Å². The Morgan fingerprint density at radius 3 is 3.00 bits per heavy atom. The molecule has 2 unspecified atom stereocenters. The second-order valence-corrected chi connectivity index (χ2v) is 2.60. The Morgan fingerprint density at radius 1 is 1.33 bits per heavy atom. The Hall–Kier alpha value is -1.69. The number of ether oxygens (including phenoxy) is 2. The van der Waals surface area contributed by atoms with Crippen molar-refractivity contribution in [3.8, 4) is 6.07 Å². The van der Waals surface area contributed by atoms with Crippen molar-refractivity contribution in [2.75, 3.05) is 0 Å². The van der Waals surface area contributed by atoms with Crippen LogP contribution in [0.25, 0.3) is 0 Å². The number of nitriles is 1. The summed E-state index contributed by atoms with van der Waals surface area (Å²) in [5.41, 5.74) is -0.955. The highest BCUT2D eigenvalue weighted by Crippen LogP contribution is 2.28. The van der Waals surface area contributed by atoms with Gasteiger partial charge < -0.3 is 9.47 Å². The number of fused-ring (bicyclic) bond motifs is 1. The molecular weight excluding hydrogens is 154 g/mol. The van der Waals surface area contributed by atoms with Gasteiger partial charge in [0.15, 0.2) is 6.10 Å². The molecule has 3 nitrogen and oxygen atoms in total. The van der Waals surface area contributed by atoms with Crippen LogP contribution in [0, 0.1) is 11.3 Å². The predicted molar refractivity (Wildman–Crippen MR) is 41.7 cm³/mol. The van der Waals surface area contributed by atoms with E-state index in [1.165, 1.54) is 12.5 Å². The van der Waals surface area contributed by atoms with Crippen molar-refractivity contribution in [2.45, 2.75) is 11.7 Å². The summed E-state index contributed by atoms with van der Waals surface area (Å²) < 4.78 is 10.4. The molecule has 0 amide bonds. The molecule has 3 heteroatoms. The van der Waals surface area contributed by atoms with E-state index in [0.29, 0.717) is 0 Å². The molecule has 1 aliphatic carbocycles. The normalized spacial score (nSPS) is 36.1. The van der Waals surface area contributed by atoms with Gasteiger partial charge in [-0.2, -0.15) is 5.26 Å².